The minimum Gasteiger partial charge on any atom is -0.496 e. The van der Waals surface area contributed by atoms with Crippen molar-refractivity contribution in [3.8, 4) is 11.5 Å². The number of piperazine rings is 1. The lowest BCUT2D eigenvalue weighted by molar-refractivity contribution is -0.133. The number of rotatable bonds is 5. The summed E-state index contributed by atoms with van der Waals surface area (Å²) < 4.78 is 10.8. The van der Waals surface area contributed by atoms with Gasteiger partial charge in [0.25, 0.3) is 5.91 Å². The van der Waals surface area contributed by atoms with Crippen LogP contribution in [0, 0.1) is 6.92 Å². The van der Waals surface area contributed by atoms with Gasteiger partial charge in [-0.1, -0.05) is 0 Å². The number of carbonyl (C=O) groups is 2. The third-order valence-electron chi connectivity index (χ3n) is 5.73. The second-order valence-corrected chi connectivity index (χ2v) is 7.52. The zero-order valence-electron chi connectivity index (χ0n) is 17.2. The number of hydrogen-bond acceptors (Lipinski definition) is 5. The molecule has 0 unspecified atom stereocenters. The highest BCUT2D eigenvalue weighted by Crippen LogP contribution is 2.30. The second-order valence-electron chi connectivity index (χ2n) is 7.52. The molecule has 0 aromatic heterocycles. The van der Waals surface area contributed by atoms with Crippen molar-refractivity contribution >= 4 is 11.8 Å². The van der Waals surface area contributed by atoms with Gasteiger partial charge in [-0.25, -0.2) is 0 Å². The van der Waals surface area contributed by atoms with E-state index in [1.165, 1.54) is 6.42 Å². The van der Waals surface area contributed by atoms with E-state index >= 15 is 0 Å². The molecule has 28 heavy (non-hydrogen) atoms. The highest BCUT2D eigenvalue weighted by molar-refractivity contribution is 5.95. The quantitative estimate of drug-likeness (QED) is 0.768. The van der Waals surface area contributed by atoms with Crippen molar-refractivity contribution in [2.45, 2.75) is 26.2 Å². The lowest BCUT2D eigenvalue weighted by Crippen LogP contribution is -2.52. The fourth-order valence-electron chi connectivity index (χ4n) is 3.94. The average Bonchev–Trinajstić information content (AvgIpc) is 2.74. The summed E-state index contributed by atoms with van der Waals surface area (Å²) in [6, 6.07) is 3.54. The largest absolute Gasteiger partial charge is 0.496 e. The number of likely N-dealkylation sites (tertiary alicyclic amines) is 1. The first-order valence-corrected chi connectivity index (χ1v) is 10.1. The summed E-state index contributed by atoms with van der Waals surface area (Å²) in [5.74, 6) is 1.48. The van der Waals surface area contributed by atoms with E-state index < -0.39 is 0 Å². The topological polar surface area (TPSA) is 62.3 Å². The van der Waals surface area contributed by atoms with E-state index in [4.69, 9.17) is 9.47 Å². The van der Waals surface area contributed by atoms with E-state index in [0.717, 1.165) is 31.5 Å². The van der Waals surface area contributed by atoms with Crippen LogP contribution >= 0.6 is 0 Å². The third kappa shape index (κ3) is 4.58. The molecule has 2 fully saturated rings. The van der Waals surface area contributed by atoms with E-state index in [1.54, 1.807) is 26.4 Å². The number of carbonyl (C=O) groups excluding carboxylic acids is 2. The Bertz CT molecular complexity index is 683. The number of piperidine rings is 1. The monoisotopic (exact) mass is 389 g/mol. The van der Waals surface area contributed by atoms with Gasteiger partial charge in [0.1, 0.15) is 11.5 Å². The Morgan fingerprint density at radius 3 is 1.96 bits per heavy atom. The summed E-state index contributed by atoms with van der Waals surface area (Å²) in [4.78, 5) is 31.4. The molecule has 2 heterocycles. The molecule has 7 nitrogen and oxygen atoms in total. The van der Waals surface area contributed by atoms with E-state index in [0.29, 0.717) is 49.8 Å². The predicted molar refractivity (Wildman–Crippen MR) is 107 cm³/mol. The first-order chi connectivity index (χ1) is 13.5. The summed E-state index contributed by atoms with van der Waals surface area (Å²) in [5.41, 5.74) is 1.44. The molecule has 0 spiro atoms. The Morgan fingerprint density at radius 2 is 1.43 bits per heavy atom. The van der Waals surface area contributed by atoms with Gasteiger partial charge in [-0.05, 0) is 38.3 Å². The van der Waals surface area contributed by atoms with Gasteiger partial charge in [-0.3, -0.25) is 14.5 Å². The minimum atomic E-state index is -0.0291. The van der Waals surface area contributed by atoms with E-state index in [2.05, 4.69) is 4.90 Å². The molecule has 7 heteroatoms. The maximum Gasteiger partial charge on any atom is 0.254 e. The molecule has 1 aromatic carbocycles. The van der Waals surface area contributed by atoms with Gasteiger partial charge in [0.15, 0.2) is 0 Å². The lowest BCUT2D eigenvalue weighted by Gasteiger charge is -2.36. The van der Waals surface area contributed by atoms with Crippen LogP contribution < -0.4 is 9.47 Å². The van der Waals surface area contributed by atoms with Crippen LogP contribution in [0.3, 0.4) is 0 Å². The van der Waals surface area contributed by atoms with Gasteiger partial charge in [-0.2, -0.15) is 0 Å². The van der Waals surface area contributed by atoms with Gasteiger partial charge < -0.3 is 19.3 Å². The SMILES string of the molecule is COc1cc(C(=O)N2CCN(CC(=O)N3CCCCC3)CC2)cc(OC)c1C. The Balaban J connectivity index is 1.57. The minimum absolute atomic E-state index is 0.0291. The van der Waals surface area contributed by atoms with Crippen LogP contribution in [0.4, 0.5) is 0 Å². The van der Waals surface area contributed by atoms with Gasteiger partial charge in [0, 0.05) is 50.4 Å². The molecule has 154 valence electrons. The number of benzene rings is 1. The number of methoxy groups -OCH3 is 2. The van der Waals surface area contributed by atoms with Crippen LogP contribution in [-0.2, 0) is 4.79 Å². The summed E-state index contributed by atoms with van der Waals surface area (Å²) in [6.07, 6.45) is 3.44. The molecule has 0 bridgehead atoms. The normalized spacial score (nSPS) is 18.1. The Hall–Kier alpha value is -2.28. The lowest BCUT2D eigenvalue weighted by atomic mass is 10.1. The average molecular weight is 389 g/mol. The number of nitrogens with zero attached hydrogens (tertiary/aromatic N) is 3. The highest BCUT2D eigenvalue weighted by Gasteiger charge is 2.26. The molecule has 2 saturated heterocycles. The molecular formula is C21H31N3O4. The maximum absolute atomic E-state index is 12.9. The van der Waals surface area contributed by atoms with Crippen LogP contribution in [0.25, 0.3) is 0 Å². The zero-order chi connectivity index (χ0) is 20.1. The standard InChI is InChI=1S/C21H31N3O4/c1-16-18(27-2)13-17(14-19(16)28-3)21(26)24-11-9-22(10-12-24)15-20(25)23-7-5-4-6-8-23/h13-14H,4-12,15H2,1-3H3. The first kappa shape index (κ1) is 20.5. The molecule has 3 rings (SSSR count). The van der Waals surface area contributed by atoms with Crippen molar-refractivity contribution in [3.63, 3.8) is 0 Å². The van der Waals surface area contributed by atoms with Crippen LogP contribution in [-0.4, -0.2) is 86.5 Å². The van der Waals surface area contributed by atoms with Crippen molar-refractivity contribution < 1.29 is 19.1 Å². The predicted octanol–water partition coefficient (Wildman–Crippen LogP) is 1.78. The fraction of sp³-hybridized carbons (Fsp3) is 0.619. The smallest absolute Gasteiger partial charge is 0.254 e. The third-order valence-corrected chi connectivity index (χ3v) is 5.73. The zero-order valence-corrected chi connectivity index (χ0v) is 17.2. The van der Waals surface area contributed by atoms with Gasteiger partial charge >= 0.3 is 0 Å². The highest BCUT2D eigenvalue weighted by atomic mass is 16.5. The molecule has 2 aliphatic heterocycles. The number of hydrogen-bond donors (Lipinski definition) is 0. The van der Waals surface area contributed by atoms with Crippen molar-refractivity contribution in [1.29, 1.82) is 0 Å². The van der Waals surface area contributed by atoms with Gasteiger partial charge in [-0.15, -0.1) is 0 Å². The molecule has 0 aliphatic carbocycles. The number of ether oxygens (including phenoxy) is 2. The van der Waals surface area contributed by atoms with Crippen molar-refractivity contribution in [1.82, 2.24) is 14.7 Å². The second kappa shape index (κ2) is 9.28. The van der Waals surface area contributed by atoms with Crippen LogP contribution in [0.5, 0.6) is 11.5 Å². The molecule has 2 aliphatic rings. The summed E-state index contributed by atoms with van der Waals surface area (Å²) in [5, 5.41) is 0. The molecule has 1 aromatic rings. The van der Waals surface area contributed by atoms with Crippen molar-refractivity contribution in [3.05, 3.63) is 23.3 Å². The molecule has 0 N–H and O–H groups in total. The molecule has 2 amide bonds. The maximum atomic E-state index is 12.9. The summed E-state index contributed by atoms with van der Waals surface area (Å²) in [6.45, 7) is 6.78. The Kier molecular flexibility index (Phi) is 6.78. The Labute approximate surface area is 167 Å². The van der Waals surface area contributed by atoms with Crippen LogP contribution in [0.15, 0.2) is 12.1 Å². The van der Waals surface area contributed by atoms with E-state index in [1.807, 2.05) is 16.7 Å². The van der Waals surface area contributed by atoms with Crippen molar-refractivity contribution in [2.24, 2.45) is 0 Å². The van der Waals surface area contributed by atoms with E-state index in [-0.39, 0.29) is 11.8 Å². The van der Waals surface area contributed by atoms with Gasteiger partial charge in [0.2, 0.25) is 5.91 Å². The van der Waals surface area contributed by atoms with E-state index in [9.17, 15) is 9.59 Å². The Morgan fingerprint density at radius 1 is 0.857 bits per heavy atom. The number of amides is 2. The molecule has 0 atom stereocenters. The van der Waals surface area contributed by atoms with Crippen LogP contribution in [0.1, 0.15) is 35.2 Å². The molecule has 0 saturated carbocycles. The first-order valence-electron chi connectivity index (χ1n) is 10.1. The molecule has 0 radical (unpaired) electrons. The van der Waals surface area contributed by atoms with Gasteiger partial charge in [0.05, 0.1) is 20.8 Å². The van der Waals surface area contributed by atoms with Crippen molar-refractivity contribution in [2.75, 3.05) is 60.0 Å². The summed E-state index contributed by atoms with van der Waals surface area (Å²) >= 11 is 0. The molecular weight excluding hydrogens is 358 g/mol. The summed E-state index contributed by atoms with van der Waals surface area (Å²) in [7, 11) is 3.18. The van der Waals surface area contributed by atoms with Crippen LogP contribution in [0.2, 0.25) is 0 Å². The fourth-order valence-corrected chi connectivity index (χ4v) is 3.94.